The Kier molecular flexibility index (Phi) is 4.69. The second kappa shape index (κ2) is 6.03. The molecular formula is C13H17NO3. The minimum absolute atomic E-state index is 0.243. The SMILES string of the molecule is COC(=O)[C@H](Cc1cccc(C)c1)NC(C)=O. The Labute approximate surface area is 101 Å². The summed E-state index contributed by atoms with van der Waals surface area (Å²) >= 11 is 0. The number of carbonyl (C=O) groups is 2. The van der Waals surface area contributed by atoms with Crippen LogP contribution in [0.1, 0.15) is 18.1 Å². The molecule has 0 aliphatic heterocycles. The normalized spacial score (nSPS) is 11.7. The Hall–Kier alpha value is -1.84. The molecule has 1 N–H and O–H groups in total. The molecule has 1 aromatic carbocycles. The highest BCUT2D eigenvalue weighted by Crippen LogP contribution is 2.07. The lowest BCUT2D eigenvalue weighted by Gasteiger charge is -2.15. The molecule has 1 rings (SSSR count). The number of amides is 1. The van der Waals surface area contributed by atoms with Crippen LogP contribution < -0.4 is 5.32 Å². The summed E-state index contributed by atoms with van der Waals surface area (Å²) in [6.07, 6.45) is 0.438. The molecular weight excluding hydrogens is 218 g/mol. The molecule has 0 unspecified atom stereocenters. The second-order valence-electron chi connectivity index (χ2n) is 3.97. The Morgan fingerprint density at radius 2 is 2.12 bits per heavy atom. The van der Waals surface area contributed by atoms with E-state index in [1.807, 2.05) is 31.2 Å². The standard InChI is InChI=1S/C13H17NO3/c1-9-5-4-6-11(7-9)8-12(13(16)17-3)14-10(2)15/h4-7,12H,8H2,1-3H3,(H,14,15)/t12-/m0/s1. The maximum Gasteiger partial charge on any atom is 0.328 e. The summed E-state index contributed by atoms with van der Waals surface area (Å²) in [4.78, 5) is 22.5. The van der Waals surface area contributed by atoms with Gasteiger partial charge in [0.1, 0.15) is 6.04 Å². The van der Waals surface area contributed by atoms with Crippen molar-refractivity contribution in [1.29, 1.82) is 0 Å². The molecule has 0 saturated carbocycles. The Bertz CT molecular complexity index is 415. The van der Waals surface area contributed by atoms with Gasteiger partial charge in [-0.15, -0.1) is 0 Å². The molecule has 0 fully saturated rings. The average molecular weight is 235 g/mol. The van der Waals surface area contributed by atoms with E-state index in [0.717, 1.165) is 11.1 Å². The number of rotatable bonds is 4. The predicted molar refractivity (Wildman–Crippen MR) is 64.5 cm³/mol. The van der Waals surface area contributed by atoms with Crippen LogP contribution in [0.15, 0.2) is 24.3 Å². The van der Waals surface area contributed by atoms with Crippen LogP contribution >= 0.6 is 0 Å². The van der Waals surface area contributed by atoms with Crippen molar-refractivity contribution in [2.75, 3.05) is 7.11 Å². The molecule has 92 valence electrons. The van der Waals surface area contributed by atoms with E-state index in [4.69, 9.17) is 0 Å². The summed E-state index contributed by atoms with van der Waals surface area (Å²) in [5, 5.41) is 2.59. The lowest BCUT2D eigenvalue weighted by Crippen LogP contribution is -2.41. The highest BCUT2D eigenvalue weighted by molar-refractivity contribution is 5.83. The number of hydrogen-bond donors (Lipinski definition) is 1. The van der Waals surface area contributed by atoms with Gasteiger partial charge in [-0.2, -0.15) is 0 Å². The van der Waals surface area contributed by atoms with Crippen molar-refractivity contribution in [3.8, 4) is 0 Å². The third-order valence-corrected chi connectivity index (χ3v) is 2.39. The van der Waals surface area contributed by atoms with Crippen molar-refractivity contribution in [3.63, 3.8) is 0 Å². The zero-order chi connectivity index (χ0) is 12.8. The molecule has 0 heterocycles. The number of aryl methyl sites for hydroxylation is 1. The maximum atomic E-state index is 11.5. The van der Waals surface area contributed by atoms with E-state index in [1.54, 1.807) is 0 Å². The highest BCUT2D eigenvalue weighted by Gasteiger charge is 2.20. The summed E-state index contributed by atoms with van der Waals surface area (Å²) < 4.78 is 4.66. The number of esters is 1. The van der Waals surface area contributed by atoms with Gasteiger partial charge < -0.3 is 10.1 Å². The van der Waals surface area contributed by atoms with E-state index in [2.05, 4.69) is 10.1 Å². The monoisotopic (exact) mass is 235 g/mol. The fourth-order valence-corrected chi connectivity index (χ4v) is 1.66. The number of ether oxygens (including phenoxy) is 1. The van der Waals surface area contributed by atoms with Crippen molar-refractivity contribution < 1.29 is 14.3 Å². The van der Waals surface area contributed by atoms with Gasteiger partial charge in [0.2, 0.25) is 5.91 Å². The van der Waals surface area contributed by atoms with E-state index in [0.29, 0.717) is 6.42 Å². The molecule has 0 aliphatic carbocycles. The Morgan fingerprint density at radius 3 is 2.65 bits per heavy atom. The zero-order valence-corrected chi connectivity index (χ0v) is 10.3. The fourth-order valence-electron chi connectivity index (χ4n) is 1.66. The van der Waals surface area contributed by atoms with Crippen molar-refractivity contribution in [2.45, 2.75) is 26.3 Å². The number of carbonyl (C=O) groups excluding carboxylic acids is 2. The molecule has 0 aliphatic rings. The van der Waals surface area contributed by atoms with Crippen molar-refractivity contribution >= 4 is 11.9 Å². The van der Waals surface area contributed by atoms with Crippen LogP contribution in [0.4, 0.5) is 0 Å². The van der Waals surface area contributed by atoms with E-state index < -0.39 is 12.0 Å². The number of nitrogens with one attached hydrogen (secondary N) is 1. The van der Waals surface area contributed by atoms with Crippen molar-refractivity contribution in [3.05, 3.63) is 35.4 Å². The summed E-state index contributed by atoms with van der Waals surface area (Å²) in [6, 6.07) is 7.18. The largest absolute Gasteiger partial charge is 0.467 e. The van der Waals surface area contributed by atoms with E-state index in [1.165, 1.54) is 14.0 Å². The third-order valence-electron chi connectivity index (χ3n) is 2.39. The first kappa shape index (κ1) is 13.2. The van der Waals surface area contributed by atoms with Gasteiger partial charge >= 0.3 is 5.97 Å². The quantitative estimate of drug-likeness (QED) is 0.798. The van der Waals surface area contributed by atoms with Gasteiger partial charge in [0.25, 0.3) is 0 Å². The highest BCUT2D eigenvalue weighted by atomic mass is 16.5. The molecule has 4 nitrogen and oxygen atoms in total. The van der Waals surface area contributed by atoms with Crippen LogP contribution in [0.25, 0.3) is 0 Å². The second-order valence-corrected chi connectivity index (χ2v) is 3.97. The van der Waals surface area contributed by atoms with Crippen LogP contribution in [0, 0.1) is 6.92 Å². The van der Waals surface area contributed by atoms with Gasteiger partial charge in [-0.3, -0.25) is 4.79 Å². The molecule has 0 spiro atoms. The number of methoxy groups -OCH3 is 1. The van der Waals surface area contributed by atoms with Gasteiger partial charge in [-0.1, -0.05) is 29.8 Å². The summed E-state index contributed by atoms with van der Waals surface area (Å²) in [6.45, 7) is 3.36. The molecule has 1 atom stereocenters. The summed E-state index contributed by atoms with van der Waals surface area (Å²) in [5.74, 6) is -0.672. The first-order valence-electron chi connectivity index (χ1n) is 5.43. The van der Waals surface area contributed by atoms with Gasteiger partial charge in [0.05, 0.1) is 7.11 Å². The van der Waals surface area contributed by atoms with Gasteiger partial charge in [-0.05, 0) is 12.5 Å². The Morgan fingerprint density at radius 1 is 1.41 bits per heavy atom. The van der Waals surface area contributed by atoms with Crippen molar-refractivity contribution in [1.82, 2.24) is 5.32 Å². The lowest BCUT2D eigenvalue weighted by atomic mass is 10.0. The first-order chi connectivity index (χ1) is 8.02. The van der Waals surface area contributed by atoms with Crippen LogP contribution in [0.3, 0.4) is 0 Å². The zero-order valence-electron chi connectivity index (χ0n) is 10.3. The van der Waals surface area contributed by atoms with Gasteiger partial charge in [-0.25, -0.2) is 4.79 Å². The molecule has 0 radical (unpaired) electrons. The maximum absolute atomic E-state index is 11.5. The molecule has 4 heteroatoms. The third kappa shape index (κ3) is 4.26. The molecule has 0 aromatic heterocycles. The number of benzene rings is 1. The molecule has 1 amide bonds. The summed E-state index contributed by atoms with van der Waals surface area (Å²) in [7, 11) is 1.31. The topological polar surface area (TPSA) is 55.4 Å². The Balaban J connectivity index is 2.78. The predicted octanol–water partition coefficient (Wildman–Crippen LogP) is 1.22. The molecule has 17 heavy (non-hydrogen) atoms. The van der Waals surface area contributed by atoms with E-state index in [-0.39, 0.29) is 5.91 Å². The molecule has 1 aromatic rings. The average Bonchev–Trinajstić information content (AvgIpc) is 2.26. The minimum atomic E-state index is -0.626. The summed E-state index contributed by atoms with van der Waals surface area (Å²) in [5.41, 5.74) is 2.11. The lowest BCUT2D eigenvalue weighted by molar-refractivity contribution is -0.144. The van der Waals surface area contributed by atoms with E-state index in [9.17, 15) is 9.59 Å². The van der Waals surface area contributed by atoms with Crippen LogP contribution in [0.2, 0.25) is 0 Å². The van der Waals surface area contributed by atoms with Crippen LogP contribution in [0.5, 0.6) is 0 Å². The minimum Gasteiger partial charge on any atom is -0.467 e. The molecule has 0 saturated heterocycles. The first-order valence-corrected chi connectivity index (χ1v) is 5.43. The van der Waals surface area contributed by atoms with Crippen LogP contribution in [-0.4, -0.2) is 25.0 Å². The van der Waals surface area contributed by atoms with Crippen molar-refractivity contribution in [2.24, 2.45) is 0 Å². The van der Waals surface area contributed by atoms with E-state index >= 15 is 0 Å². The van der Waals surface area contributed by atoms with Gasteiger partial charge in [0.15, 0.2) is 0 Å². The number of hydrogen-bond acceptors (Lipinski definition) is 3. The van der Waals surface area contributed by atoms with Gasteiger partial charge in [0, 0.05) is 13.3 Å². The van der Waals surface area contributed by atoms with Crippen LogP contribution in [-0.2, 0) is 20.7 Å². The fraction of sp³-hybridized carbons (Fsp3) is 0.385. The smallest absolute Gasteiger partial charge is 0.328 e. The molecule has 0 bridgehead atoms.